The van der Waals surface area contributed by atoms with Crippen LogP contribution in [-0.2, 0) is 36.9 Å². The zero-order valence-corrected chi connectivity index (χ0v) is 23.0. The average molecular weight is 619 g/mol. The van der Waals surface area contributed by atoms with E-state index in [1.54, 1.807) is 9.92 Å². The van der Waals surface area contributed by atoms with Crippen molar-refractivity contribution in [1.29, 1.82) is 0 Å². The minimum Gasteiger partial charge on any atom is -0.456 e. The van der Waals surface area contributed by atoms with Crippen molar-refractivity contribution in [3.8, 4) is 0 Å². The molecule has 1 fully saturated rings. The van der Waals surface area contributed by atoms with Gasteiger partial charge in [0, 0.05) is 36.2 Å². The highest BCUT2D eigenvalue weighted by molar-refractivity contribution is 9.09. The van der Waals surface area contributed by atoms with E-state index in [2.05, 4.69) is 21.0 Å². The first-order valence-electron chi connectivity index (χ1n) is 11.6. The highest BCUT2D eigenvalue weighted by atomic mass is 79.9. The molecule has 0 bridgehead atoms. The Hall–Kier alpha value is -3.23. The summed E-state index contributed by atoms with van der Waals surface area (Å²) < 4.78 is 12.8. The van der Waals surface area contributed by atoms with E-state index in [0.717, 1.165) is 28.2 Å². The number of halogens is 1. The van der Waals surface area contributed by atoms with Crippen LogP contribution < -0.4 is 0 Å². The summed E-state index contributed by atoms with van der Waals surface area (Å²) in [5.41, 5.74) is 2.82. The van der Waals surface area contributed by atoms with Gasteiger partial charge in [-0.1, -0.05) is 15.9 Å². The Bertz CT molecular complexity index is 1530. The second kappa shape index (κ2) is 9.50. The number of thiazole rings is 1. The van der Waals surface area contributed by atoms with Gasteiger partial charge in [-0.05, 0) is 30.5 Å². The number of nitrogens with zero attached hydrogens (tertiary/aromatic N) is 4. The highest BCUT2D eigenvalue weighted by Gasteiger charge is 2.58. The smallest absolute Gasteiger partial charge is 0.355 e. The number of nitro benzene ring substituents is 1. The van der Waals surface area contributed by atoms with Crippen molar-refractivity contribution in [2.24, 2.45) is 5.92 Å². The van der Waals surface area contributed by atoms with Crippen LogP contribution in [0.3, 0.4) is 0 Å². The van der Waals surface area contributed by atoms with Crippen LogP contribution in [0.4, 0.5) is 5.69 Å². The van der Waals surface area contributed by atoms with Crippen molar-refractivity contribution >= 4 is 67.4 Å². The Morgan fingerprint density at radius 2 is 2.08 bits per heavy atom. The number of ether oxygens (including phenoxy) is 2. The first-order chi connectivity index (χ1) is 18.2. The summed E-state index contributed by atoms with van der Waals surface area (Å²) >= 11 is 6.41. The van der Waals surface area contributed by atoms with Crippen molar-refractivity contribution in [2.75, 3.05) is 0 Å². The number of esters is 2. The van der Waals surface area contributed by atoms with Crippen molar-refractivity contribution in [3.05, 3.63) is 73.4 Å². The Morgan fingerprint density at radius 1 is 1.32 bits per heavy atom. The minimum atomic E-state index is -0.804. The Balaban J connectivity index is 1.17. The van der Waals surface area contributed by atoms with Gasteiger partial charge in [0.1, 0.15) is 28.4 Å². The number of nitro groups is 1. The molecule has 0 saturated carbocycles. The summed E-state index contributed by atoms with van der Waals surface area (Å²) in [4.78, 5) is 51.7. The standard InChI is InChI=1S/C24H19BrN4O7S2/c1-11(30)36-20(17-8-27-22(38-17)14-6-7-15(25)19(14)26-27)18-21(31)28-16(10-37-23(18)28)24(32)35-9-12-2-4-13(5-3-12)29(33)34/h2-5,8,10,15,18,20,23H,6-7,9H2,1H3/t15?,18?,20?,23-/m1/s1. The van der Waals surface area contributed by atoms with E-state index in [9.17, 15) is 24.5 Å². The number of rotatable bonds is 7. The van der Waals surface area contributed by atoms with Gasteiger partial charge in [-0.3, -0.25) is 24.6 Å². The Morgan fingerprint density at radius 3 is 2.79 bits per heavy atom. The SMILES string of the molecule is CC(=O)OC(c1cn2nc3c(c2s1)CCC3Br)C1C(=O)N2C(C(=O)OCc3ccc([N+](=O)[O-])cc3)=CS[C@H]12. The number of thioether (sulfide) groups is 1. The van der Waals surface area contributed by atoms with Crippen LogP contribution in [0.15, 0.2) is 41.6 Å². The van der Waals surface area contributed by atoms with Gasteiger partial charge in [0.05, 0.1) is 20.3 Å². The summed E-state index contributed by atoms with van der Waals surface area (Å²) in [6, 6.07) is 5.67. The lowest BCUT2D eigenvalue weighted by molar-refractivity contribution is -0.384. The van der Waals surface area contributed by atoms with E-state index in [4.69, 9.17) is 9.47 Å². The molecule has 11 nitrogen and oxygen atoms in total. The largest absolute Gasteiger partial charge is 0.456 e. The lowest BCUT2D eigenvalue weighted by Crippen LogP contribution is -2.59. The first-order valence-corrected chi connectivity index (χ1v) is 14.3. The summed E-state index contributed by atoms with van der Waals surface area (Å²) in [5.74, 6) is -2.18. The first kappa shape index (κ1) is 25.1. The van der Waals surface area contributed by atoms with Crippen molar-refractivity contribution in [1.82, 2.24) is 14.5 Å². The van der Waals surface area contributed by atoms with Crippen LogP contribution >= 0.6 is 39.0 Å². The topological polar surface area (TPSA) is 133 Å². The molecule has 0 spiro atoms. The van der Waals surface area contributed by atoms with E-state index in [1.165, 1.54) is 64.8 Å². The Labute approximate surface area is 232 Å². The molecule has 3 aromatic rings. The molecule has 2 aromatic heterocycles. The molecule has 3 aliphatic rings. The van der Waals surface area contributed by atoms with E-state index in [1.807, 2.05) is 6.20 Å². The monoisotopic (exact) mass is 618 g/mol. The molecule has 2 aliphatic heterocycles. The number of aryl methyl sites for hydroxylation is 1. The zero-order chi connectivity index (χ0) is 26.7. The molecule has 1 aromatic carbocycles. The maximum Gasteiger partial charge on any atom is 0.355 e. The number of carbonyl (C=O) groups is 3. The second-order valence-corrected chi connectivity index (χ2v) is 12.2. The number of alkyl halides is 1. The van der Waals surface area contributed by atoms with Crippen LogP contribution in [0, 0.1) is 16.0 Å². The van der Waals surface area contributed by atoms with Gasteiger partial charge < -0.3 is 9.47 Å². The molecule has 1 aliphatic carbocycles. The number of β-lactam (4-membered cyclic amide) rings is 1. The number of amides is 1. The third-order valence-electron chi connectivity index (χ3n) is 6.69. The molecule has 4 atom stereocenters. The number of non-ortho nitro benzene ring substituents is 1. The molecule has 38 heavy (non-hydrogen) atoms. The maximum absolute atomic E-state index is 13.3. The van der Waals surface area contributed by atoms with E-state index >= 15 is 0 Å². The summed E-state index contributed by atoms with van der Waals surface area (Å²) in [5, 5.41) is 16.6. The van der Waals surface area contributed by atoms with Gasteiger partial charge in [-0.25, -0.2) is 9.31 Å². The summed E-state index contributed by atoms with van der Waals surface area (Å²) in [6.45, 7) is 1.21. The molecular formula is C24H19BrN4O7S2. The van der Waals surface area contributed by atoms with Gasteiger partial charge >= 0.3 is 11.9 Å². The van der Waals surface area contributed by atoms with Crippen molar-refractivity contribution in [3.63, 3.8) is 0 Å². The van der Waals surface area contributed by atoms with Crippen LogP contribution in [0.5, 0.6) is 0 Å². The molecule has 0 N–H and O–H groups in total. The lowest BCUT2D eigenvalue weighted by atomic mass is 9.90. The fraction of sp³-hybridized carbons (Fsp3) is 0.333. The second-order valence-electron chi connectivity index (χ2n) is 9.05. The molecule has 1 saturated heterocycles. The quantitative estimate of drug-likeness (QED) is 0.124. The molecular weight excluding hydrogens is 600 g/mol. The number of benzene rings is 1. The number of carbonyl (C=O) groups excluding carboxylic acids is 3. The number of fused-ring (bicyclic) bond motifs is 4. The van der Waals surface area contributed by atoms with Gasteiger partial charge in [-0.2, -0.15) is 5.10 Å². The van der Waals surface area contributed by atoms with Gasteiger partial charge in [-0.15, -0.1) is 23.1 Å². The van der Waals surface area contributed by atoms with Crippen molar-refractivity contribution in [2.45, 2.75) is 42.7 Å². The predicted octanol–water partition coefficient (Wildman–Crippen LogP) is 4.41. The third kappa shape index (κ3) is 4.10. The molecule has 4 heterocycles. The van der Waals surface area contributed by atoms with Crippen LogP contribution in [0.2, 0.25) is 0 Å². The van der Waals surface area contributed by atoms with Gasteiger partial charge in [0.25, 0.3) is 5.69 Å². The predicted molar refractivity (Wildman–Crippen MR) is 140 cm³/mol. The summed E-state index contributed by atoms with van der Waals surface area (Å²) in [6.07, 6.45) is 2.88. The maximum atomic E-state index is 13.3. The summed E-state index contributed by atoms with van der Waals surface area (Å²) in [7, 11) is 0. The molecule has 3 unspecified atom stereocenters. The number of hydrogen-bond donors (Lipinski definition) is 0. The van der Waals surface area contributed by atoms with Crippen LogP contribution in [-0.4, -0.2) is 42.7 Å². The van der Waals surface area contributed by atoms with Crippen LogP contribution in [0.1, 0.15) is 46.0 Å². The Kier molecular flexibility index (Phi) is 6.27. The molecule has 196 valence electrons. The van der Waals surface area contributed by atoms with E-state index in [-0.39, 0.29) is 28.7 Å². The molecule has 6 rings (SSSR count). The van der Waals surface area contributed by atoms with E-state index < -0.39 is 34.3 Å². The fourth-order valence-corrected chi connectivity index (χ4v) is 7.92. The average Bonchev–Trinajstić information content (AvgIpc) is 3.63. The third-order valence-corrected chi connectivity index (χ3v) is 9.92. The minimum absolute atomic E-state index is 0.0619. The van der Waals surface area contributed by atoms with Crippen molar-refractivity contribution < 1.29 is 28.8 Å². The molecule has 1 amide bonds. The van der Waals surface area contributed by atoms with Gasteiger partial charge in [0.15, 0.2) is 6.10 Å². The highest BCUT2D eigenvalue weighted by Crippen LogP contribution is 2.52. The molecule has 14 heteroatoms. The fourth-order valence-electron chi connectivity index (χ4n) is 4.88. The number of aromatic nitrogens is 2. The lowest BCUT2D eigenvalue weighted by Gasteiger charge is -2.45. The normalized spacial score (nSPS) is 22.5. The van der Waals surface area contributed by atoms with Crippen LogP contribution in [0.25, 0.3) is 4.83 Å². The van der Waals surface area contributed by atoms with E-state index in [0.29, 0.717) is 5.56 Å². The number of hydrogen-bond acceptors (Lipinski definition) is 10. The zero-order valence-electron chi connectivity index (χ0n) is 19.7. The van der Waals surface area contributed by atoms with Gasteiger partial charge in [0.2, 0.25) is 5.91 Å². The molecule has 0 radical (unpaired) electrons.